The van der Waals surface area contributed by atoms with E-state index in [0.717, 1.165) is 0 Å². The standard InChI is InChI=1S/C15H33N/c1-7-9-10-11-12-16-15(5,6)13-14(3,4)8-2/h16H,7-13H2,1-6H3. The van der Waals surface area contributed by atoms with Crippen molar-refractivity contribution in [3.05, 3.63) is 0 Å². The molecule has 0 unspecified atom stereocenters. The summed E-state index contributed by atoms with van der Waals surface area (Å²) in [5, 5.41) is 3.71. The largest absolute Gasteiger partial charge is 0.312 e. The summed E-state index contributed by atoms with van der Waals surface area (Å²) in [6.45, 7) is 15.1. The molecule has 1 N–H and O–H groups in total. The fraction of sp³-hybridized carbons (Fsp3) is 1.00. The predicted octanol–water partition coefficient (Wildman–Crippen LogP) is 4.76. The van der Waals surface area contributed by atoms with E-state index in [1.807, 2.05) is 0 Å². The minimum atomic E-state index is 0.283. The van der Waals surface area contributed by atoms with E-state index in [1.165, 1.54) is 45.1 Å². The Hall–Kier alpha value is -0.0400. The number of rotatable bonds is 9. The molecule has 0 saturated heterocycles. The van der Waals surface area contributed by atoms with Crippen LogP contribution >= 0.6 is 0 Å². The van der Waals surface area contributed by atoms with Gasteiger partial charge in [-0.25, -0.2) is 0 Å². The van der Waals surface area contributed by atoms with Gasteiger partial charge in [-0.1, -0.05) is 53.4 Å². The number of nitrogens with one attached hydrogen (secondary N) is 1. The topological polar surface area (TPSA) is 12.0 Å². The Bertz CT molecular complexity index is 170. The zero-order valence-electron chi connectivity index (χ0n) is 12.4. The molecule has 0 aliphatic carbocycles. The molecule has 0 aromatic carbocycles. The Morgan fingerprint density at radius 1 is 0.875 bits per heavy atom. The van der Waals surface area contributed by atoms with E-state index in [2.05, 4.69) is 46.9 Å². The van der Waals surface area contributed by atoms with Gasteiger partial charge in [0.15, 0.2) is 0 Å². The highest BCUT2D eigenvalue weighted by Crippen LogP contribution is 2.30. The lowest BCUT2D eigenvalue weighted by Gasteiger charge is -2.35. The van der Waals surface area contributed by atoms with Crippen molar-refractivity contribution in [3.63, 3.8) is 0 Å². The van der Waals surface area contributed by atoms with Gasteiger partial charge in [-0.15, -0.1) is 0 Å². The Morgan fingerprint density at radius 2 is 1.50 bits per heavy atom. The van der Waals surface area contributed by atoms with E-state index in [-0.39, 0.29) is 5.54 Å². The third-order valence-corrected chi connectivity index (χ3v) is 3.51. The van der Waals surface area contributed by atoms with Crippen molar-refractivity contribution in [1.82, 2.24) is 5.32 Å². The van der Waals surface area contributed by atoms with Crippen molar-refractivity contribution in [2.75, 3.05) is 6.54 Å². The highest BCUT2D eigenvalue weighted by molar-refractivity contribution is 4.84. The molecule has 98 valence electrons. The van der Waals surface area contributed by atoms with Crippen molar-refractivity contribution in [1.29, 1.82) is 0 Å². The maximum atomic E-state index is 3.71. The first-order valence-electron chi connectivity index (χ1n) is 7.08. The van der Waals surface area contributed by atoms with Crippen LogP contribution < -0.4 is 5.32 Å². The Kier molecular flexibility index (Phi) is 7.30. The van der Waals surface area contributed by atoms with Crippen LogP contribution in [0.5, 0.6) is 0 Å². The fourth-order valence-corrected chi connectivity index (χ4v) is 2.36. The first-order valence-corrected chi connectivity index (χ1v) is 7.08. The molecule has 0 amide bonds. The molecule has 1 nitrogen and oxygen atoms in total. The third kappa shape index (κ3) is 8.15. The number of hydrogen-bond donors (Lipinski definition) is 1. The van der Waals surface area contributed by atoms with Crippen molar-refractivity contribution in [2.45, 2.75) is 85.6 Å². The van der Waals surface area contributed by atoms with Gasteiger partial charge in [-0.2, -0.15) is 0 Å². The van der Waals surface area contributed by atoms with E-state index in [0.29, 0.717) is 5.41 Å². The SMILES string of the molecule is CCCCCCNC(C)(C)CC(C)(C)CC. The zero-order chi connectivity index (χ0) is 12.7. The monoisotopic (exact) mass is 227 g/mol. The van der Waals surface area contributed by atoms with Crippen molar-refractivity contribution >= 4 is 0 Å². The van der Waals surface area contributed by atoms with Gasteiger partial charge in [0.1, 0.15) is 0 Å². The molecule has 0 aromatic heterocycles. The highest BCUT2D eigenvalue weighted by atomic mass is 14.9. The van der Waals surface area contributed by atoms with Crippen molar-refractivity contribution < 1.29 is 0 Å². The third-order valence-electron chi connectivity index (χ3n) is 3.51. The maximum Gasteiger partial charge on any atom is 0.0130 e. The van der Waals surface area contributed by atoms with Crippen LogP contribution in [0, 0.1) is 5.41 Å². The first-order chi connectivity index (χ1) is 7.33. The molecule has 0 atom stereocenters. The van der Waals surface area contributed by atoms with Crippen LogP contribution in [0.4, 0.5) is 0 Å². The lowest BCUT2D eigenvalue weighted by Crippen LogP contribution is -2.43. The molecular formula is C15H33N. The van der Waals surface area contributed by atoms with Gasteiger partial charge in [-0.05, 0) is 38.6 Å². The normalized spacial score (nSPS) is 13.1. The molecule has 1 heteroatoms. The molecule has 0 aromatic rings. The molecule has 0 radical (unpaired) electrons. The molecular weight excluding hydrogens is 194 g/mol. The summed E-state index contributed by atoms with van der Waals surface area (Å²) in [5.74, 6) is 0. The van der Waals surface area contributed by atoms with Crippen LogP contribution in [0.25, 0.3) is 0 Å². The zero-order valence-corrected chi connectivity index (χ0v) is 12.4. The summed E-state index contributed by atoms with van der Waals surface area (Å²) < 4.78 is 0. The Labute approximate surface area is 103 Å². The van der Waals surface area contributed by atoms with Gasteiger partial charge in [-0.3, -0.25) is 0 Å². The van der Waals surface area contributed by atoms with Crippen LogP contribution in [0.1, 0.15) is 80.1 Å². The second kappa shape index (κ2) is 7.32. The van der Waals surface area contributed by atoms with Gasteiger partial charge in [0.05, 0.1) is 0 Å². The summed E-state index contributed by atoms with van der Waals surface area (Å²) in [6, 6.07) is 0. The van der Waals surface area contributed by atoms with Gasteiger partial charge < -0.3 is 5.32 Å². The molecule has 0 bridgehead atoms. The number of hydrogen-bond acceptors (Lipinski definition) is 1. The van der Waals surface area contributed by atoms with E-state index in [1.54, 1.807) is 0 Å². The lowest BCUT2D eigenvalue weighted by molar-refractivity contribution is 0.215. The van der Waals surface area contributed by atoms with E-state index < -0.39 is 0 Å². The summed E-state index contributed by atoms with van der Waals surface area (Å²) in [5.41, 5.74) is 0.742. The molecule has 16 heavy (non-hydrogen) atoms. The summed E-state index contributed by atoms with van der Waals surface area (Å²) in [6.07, 6.45) is 7.91. The number of unbranched alkanes of at least 4 members (excludes halogenated alkanes) is 3. The molecule has 0 saturated carbocycles. The van der Waals surface area contributed by atoms with Gasteiger partial charge in [0.2, 0.25) is 0 Å². The van der Waals surface area contributed by atoms with Crippen molar-refractivity contribution in [3.8, 4) is 0 Å². The summed E-state index contributed by atoms with van der Waals surface area (Å²) in [7, 11) is 0. The van der Waals surface area contributed by atoms with Crippen LogP contribution in [-0.2, 0) is 0 Å². The van der Waals surface area contributed by atoms with Gasteiger partial charge >= 0.3 is 0 Å². The summed E-state index contributed by atoms with van der Waals surface area (Å²) in [4.78, 5) is 0. The molecule has 0 aliphatic heterocycles. The lowest BCUT2D eigenvalue weighted by atomic mass is 9.78. The molecule has 0 heterocycles. The average Bonchev–Trinajstić information content (AvgIpc) is 2.16. The van der Waals surface area contributed by atoms with Crippen LogP contribution in [0.3, 0.4) is 0 Å². The highest BCUT2D eigenvalue weighted by Gasteiger charge is 2.26. The minimum absolute atomic E-state index is 0.283. The fourth-order valence-electron chi connectivity index (χ4n) is 2.36. The second-order valence-electron chi connectivity index (χ2n) is 6.57. The van der Waals surface area contributed by atoms with E-state index >= 15 is 0 Å². The predicted molar refractivity (Wildman–Crippen MR) is 74.9 cm³/mol. The first kappa shape index (κ1) is 16.0. The van der Waals surface area contributed by atoms with Crippen LogP contribution in [-0.4, -0.2) is 12.1 Å². The van der Waals surface area contributed by atoms with Crippen LogP contribution in [0.2, 0.25) is 0 Å². The molecule has 0 fully saturated rings. The van der Waals surface area contributed by atoms with E-state index in [9.17, 15) is 0 Å². The Balaban J connectivity index is 3.78. The smallest absolute Gasteiger partial charge is 0.0130 e. The second-order valence-corrected chi connectivity index (χ2v) is 6.57. The molecule has 0 spiro atoms. The average molecular weight is 227 g/mol. The molecule has 0 rings (SSSR count). The van der Waals surface area contributed by atoms with E-state index in [4.69, 9.17) is 0 Å². The quantitative estimate of drug-likeness (QED) is 0.560. The minimum Gasteiger partial charge on any atom is -0.312 e. The summed E-state index contributed by atoms with van der Waals surface area (Å²) >= 11 is 0. The van der Waals surface area contributed by atoms with Crippen LogP contribution in [0.15, 0.2) is 0 Å². The van der Waals surface area contributed by atoms with Gasteiger partial charge in [0, 0.05) is 5.54 Å². The van der Waals surface area contributed by atoms with Gasteiger partial charge in [0.25, 0.3) is 0 Å². The van der Waals surface area contributed by atoms with Crippen molar-refractivity contribution in [2.24, 2.45) is 5.41 Å². The molecule has 0 aliphatic rings. The Morgan fingerprint density at radius 3 is 2.00 bits per heavy atom. The maximum absolute atomic E-state index is 3.71.